The Morgan fingerprint density at radius 3 is 2.61 bits per heavy atom. The summed E-state index contributed by atoms with van der Waals surface area (Å²) in [6.07, 6.45) is 3.25. The van der Waals surface area contributed by atoms with Gasteiger partial charge in [-0.2, -0.15) is 0 Å². The summed E-state index contributed by atoms with van der Waals surface area (Å²) in [6.45, 7) is 3.84. The number of carbonyl (C=O) groups is 2. The number of aliphatic hydroxyl groups is 1. The third-order valence-electron chi connectivity index (χ3n) is 5.78. The molecule has 1 fully saturated rings. The van der Waals surface area contributed by atoms with Gasteiger partial charge in [0.25, 0.3) is 11.7 Å². The van der Waals surface area contributed by atoms with E-state index < -0.39 is 17.7 Å². The van der Waals surface area contributed by atoms with Gasteiger partial charge in [-0.3, -0.25) is 14.6 Å². The van der Waals surface area contributed by atoms with Gasteiger partial charge < -0.3 is 19.8 Å². The second kappa shape index (κ2) is 8.78. The van der Waals surface area contributed by atoms with E-state index in [0.29, 0.717) is 11.1 Å². The molecule has 0 saturated carbocycles. The molecule has 4 rings (SSSR count). The Labute approximate surface area is 191 Å². The van der Waals surface area contributed by atoms with E-state index in [9.17, 15) is 19.8 Å². The van der Waals surface area contributed by atoms with E-state index in [1.165, 1.54) is 18.1 Å². The summed E-state index contributed by atoms with van der Waals surface area (Å²) in [5.41, 5.74) is 3.44. The Morgan fingerprint density at radius 2 is 1.91 bits per heavy atom. The van der Waals surface area contributed by atoms with Crippen LogP contribution in [0.5, 0.6) is 11.5 Å². The van der Waals surface area contributed by atoms with Crippen LogP contribution in [-0.4, -0.2) is 38.9 Å². The summed E-state index contributed by atoms with van der Waals surface area (Å²) in [6, 6.07) is 12.9. The highest BCUT2D eigenvalue weighted by molar-refractivity contribution is 6.46. The fourth-order valence-corrected chi connectivity index (χ4v) is 4.08. The Balaban J connectivity index is 1.93. The number of aromatic nitrogens is 1. The summed E-state index contributed by atoms with van der Waals surface area (Å²) in [5, 5.41) is 21.4. The zero-order valence-electron chi connectivity index (χ0n) is 18.6. The predicted octanol–water partition coefficient (Wildman–Crippen LogP) is 4.03. The van der Waals surface area contributed by atoms with Crippen molar-refractivity contribution in [2.75, 3.05) is 7.11 Å². The van der Waals surface area contributed by atoms with Crippen LogP contribution in [0.1, 0.15) is 33.9 Å². The van der Waals surface area contributed by atoms with Crippen molar-refractivity contribution < 1.29 is 24.5 Å². The smallest absolute Gasteiger partial charge is 0.295 e. The number of Topliss-reactive ketones (excluding diaryl/α,β-unsaturated/α-hetero) is 1. The van der Waals surface area contributed by atoms with Crippen molar-refractivity contribution in [1.82, 2.24) is 9.88 Å². The number of aromatic hydroxyl groups is 1. The van der Waals surface area contributed by atoms with E-state index in [1.54, 1.807) is 36.7 Å². The van der Waals surface area contributed by atoms with Gasteiger partial charge in [0.15, 0.2) is 11.5 Å². The fraction of sp³-hybridized carbons (Fsp3) is 0.192. The Morgan fingerprint density at radius 1 is 1.12 bits per heavy atom. The van der Waals surface area contributed by atoms with E-state index in [2.05, 4.69) is 4.98 Å². The lowest BCUT2D eigenvalue weighted by molar-refractivity contribution is -0.140. The average Bonchev–Trinajstić information content (AvgIpc) is 3.06. The van der Waals surface area contributed by atoms with Crippen molar-refractivity contribution in [1.29, 1.82) is 0 Å². The van der Waals surface area contributed by atoms with Gasteiger partial charge in [-0.15, -0.1) is 0 Å². The molecule has 0 unspecified atom stereocenters. The van der Waals surface area contributed by atoms with Crippen LogP contribution in [0.3, 0.4) is 0 Å². The first-order valence-corrected chi connectivity index (χ1v) is 10.4. The van der Waals surface area contributed by atoms with Crippen molar-refractivity contribution in [3.8, 4) is 11.5 Å². The highest BCUT2D eigenvalue weighted by Gasteiger charge is 2.46. The number of pyridine rings is 1. The zero-order valence-corrected chi connectivity index (χ0v) is 18.6. The molecule has 7 nitrogen and oxygen atoms in total. The molecule has 1 amide bonds. The molecule has 2 heterocycles. The number of aryl methyl sites for hydroxylation is 2. The van der Waals surface area contributed by atoms with E-state index in [4.69, 9.17) is 4.74 Å². The largest absolute Gasteiger partial charge is 0.507 e. The third-order valence-corrected chi connectivity index (χ3v) is 5.78. The van der Waals surface area contributed by atoms with Crippen LogP contribution in [0.25, 0.3) is 5.76 Å². The Kier molecular flexibility index (Phi) is 5.87. The quantitative estimate of drug-likeness (QED) is 0.350. The number of ether oxygens (including phenoxy) is 1. The van der Waals surface area contributed by atoms with Gasteiger partial charge >= 0.3 is 0 Å². The van der Waals surface area contributed by atoms with Gasteiger partial charge in [-0.1, -0.05) is 29.8 Å². The number of methoxy groups -OCH3 is 1. The van der Waals surface area contributed by atoms with Gasteiger partial charge in [-0.05, 0) is 54.8 Å². The third kappa shape index (κ3) is 4.05. The van der Waals surface area contributed by atoms with Crippen LogP contribution in [-0.2, 0) is 16.1 Å². The molecule has 7 heteroatoms. The summed E-state index contributed by atoms with van der Waals surface area (Å²) < 4.78 is 5.24. The molecule has 1 aliphatic rings. The van der Waals surface area contributed by atoms with E-state index in [0.717, 1.165) is 16.7 Å². The number of hydrogen-bond acceptors (Lipinski definition) is 6. The van der Waals surface area contributed by atoms with E-state index in [-0.39, 0.29) is 29.4 Å². The zero-order chi connectivity index (χ0) is 23.7. The van der Waals surface area contributed by atoms with Crippen molar-refractivity contribution in [3.63, 3.8) is 0 Å². The lowest BCUT2D eigenvalue weighted by Crippen LogP contribution is -2.29. The summed E-state index contributed by atoms with van der Waals surface area (Å²) >= 11 is 0. The minimum atomic E-state index is -0.875. The lowest BCUT2D eigenvalue weighted by atomic mass is 9.93. The molecule has 0 spiro atoms. The number of rotatable bonds is 5. The summed E-state index contributed by atoms with van der Waals surface area (Å²) in [4.78, 5) is 31.9. The molecule has 168 valence electrons. The van der Waals surface area contributed by atoms with Crippen LogP contribution in [0, 0.1) is 13.8 Å². The van der Waals surface area contributed by atoms with Crippen molar-refractivity contribution in [2.45, 2.75) is 26.4 Å². The molecule has 2 N–H and O–H groups in total. The van der Waals surface area contributed by atoms with Crippen LogP contribution < -0.4 is 4.74 Å². The number of hydrogen-bond donors (Lipinski definition) is 2. The maximum Gasteiger partial charge on any atom is 0.295 e. The molecule has 0 bridgehead atoms. The normalized spacial score (nSPS) is 17.4. The standard InChI is InChI=1S/C26H24N2O5/c1-15-6-7-16(2)19(11-15)24(30)22-23(18-8-9-20(29)21(12-18)33-3)28(26(32)25(22)31)14-17-5-4-10-27-13-17/h4-13,23,29-30H,14H2,1-3H3/t23-/m0/s1. The number of nitrogens with zero attached hydrogens (tertiary/aromatic N) is 2. The number of carbonyl (C=O) groups excluding carboxylic acids is 2. The van der Waals surface area contributed by atoms with Crippen molar-refractivity contribution in [3.05, 3.63) is 94.3 Å². The van der Waals surface area contributed by atoms with Gasteiger partial charge in [0.1, 0.15) is 5.76 Å². The Hall–Kier alpha value is -4.13. The average molecular weight is 444 g/mol. The minimum absolute atomic E-state index is 0.00895. The van der Waals surface area contributed by atoms with Gasteiger partial charge in [0.05, 0.1) is 18.7 Å². The highest BCUT2D eigenvalue weighted by atomic mass is 16.5. The maximum absolute atomic E-state index is 13.2. The number of aliphatic hydroxyl groups excluding tert-OH is 1. The fourth-order valence-electron chi connectivity index (χ4n) is 4.08. The summed E-state index contributed by atoms with van der Waals surface area (Å²) in [5.74, 6) is -1.59. The lowest BCUT2D eigenvalue weighted by Gasteiger charge is -2.26. The number of likely N-dealkylation sites (tertiary alicyclic amines) is 1. The van der Waals surface area contributed by atoms with Crippen LogP contribution in [0.4, 0.5) is 0 Å². The molecule has 1 saturated heterocycles. The first-order valence-electron chi connectivity index (χ1n) is 10.4. The van der Waals surface area contributed by atoms with E-state index >= 15 is 0 Å². The molecule has 0 radical (unpaired) electrons. The van der Waals surface area contributed by atoms with Crippen molar-refractivity contribution in [2.24, 2.45) is 0 Å². The first kappa shape index (κ1) is 22.1. The second-order valence-electron chi connectivity index (χ2n) is 8.04. The number of phenols is 1. The number of ketones is 1. The van der Waals surface area contributed by atoms with Gasteiger partial charge in [0, 0.05) is 24.5 Å². The predicted molar refractivity (Wildman–Crippen MR) is 123 cm³/mol. The van der Waals surface area contributed by atoms with Crippen LogP contribution in [0.2, 0.25) is 0 Å². The monoisotopic (exact) mass is 444 g/mol. The highest BCUT2D eigenvalue weighted by Crippen LogP contribution is 2.42. The molecular formula is C26H24N2O5. The molecule has 1 atom stereocenters. The minimum Gasteiger partial charge on any atom is -0.507 e. The first-order chi connectivity index (χ1) is 15.8. The van der Waals surface area contributed by atoms with Gasteiger partial charge in [-0.25, -0.2) is 0 Å². The molecule has 0 aliphatic carbocycles. The summed E-state index contributed by atoms with van der Waals surface area (Å²) in [7, 11) is 1.42. The van der Waals surface area contributed by atoms with Crippen LogP contribution >= 0.6 is 0 Å². The number of benzene rings is 2. The van der Waals surface area contributed by atoms with Gasteiger partial charge in [0.2, 0.25) is 0 Å². The number of amides is 1. The molecular weight excluding hydrogens is 420 g/mol. The topological polar surface area (TPSA) is 100.0 Å². The number of phenolic OH excluding ortho intramolecular Hbond substituents is 1. The molecule has 33 heavy (non-hydrogen) atoms. The molecule has 2 aromatic carbocycles. The SMILES string of the molecule is COc1cc([C@H]2C(=C(O)c3cc(C)ccc3C)C(=O)C(=O)N2Cc2cccnc2)ccc1O. The maximum atomic E-state index is 13.2. The molecule has 1 aromatic heterocycles. The van der Waals surface area contributed by atoms with E-state index in [1.807, 2.05) is 32.0 Å². The van der Waals surface area contributed by atoms with Crippen molar-refractivity contribution >= 4 is 17.4 Å². The van der Waals surface area contributed by atoms with Crippen LogP contribution in [0.15, 0.2) is 66.5 Å². The Bertz CT molecular complexity index is 1270. The molecule has 3 aromatic rings. The second-order valence-corrected chi connectivity index (χ2v) is 8.04. The molecule has 1 aliphatic heterocycles.